The first kappa shape index (κ1) is 17.8. The summed E-state index contributed by atoms with van der Waals surface area (Å²) in [5, 5.41) is 16.7. The summed E-state index contributed by atoms with van der Waals surface area (Å²) in [7, 11) is 0. The average Bonchev–Trinajstić information content (AvgIpc) is 3.28. The Kier molecular flexibility index (Phi) is 4.75. The number of nitrogens with one attached hydrogen (secondary N) is 1. The minimum Gasteiger partial charge on any atom is -0.327 e. The van der Waals surface area contributed by atoms with Crippen LogP contribution in [0.4, 0.5) is 5.13 Å². The van der Waals surface area contributed by atoms with Crippen molar-refractivity contribution in [2.45, 2.75) is 45.2 Å². The van der Waals surface area contributed by atoms with Gasteiger partial charge in [0, 0.05) is 24.6 Å². The number of aromatic nitrogens is 4. The van der Waals surface area contributed by atoms with Gasteiger partial charge in [0.05, 0.1) is 17.5 Å². The highest BCUT2D eigenvalue weighted by Crippen LogP contribution is 2.28. The monoisotopic (exact) mass is 382 g/mol. The second-order valence-corrected chi connectivity index (χ2v) is 8.10. The van der Waals surface area contributed by atoms with Crippen molar-refractivity contribution in [3.8, 4) is 10.6 Å². The normalized spacial score (nSPS) is 16.4. The minimum absolute atomic E-state index is 0.0719. The van der Waals surface area contributed by atoms with E-state index in [0.29, 0.717) is 23.0 Å². The molecule has 8 heteroatoms. The van der Waals surface area contributed by atoms with Crippen molar-refractivity contribution in [2.75, 3.05) is 5.32 Å². The Morgan fingerprint density at radius 2 is 2.07 bits per heavy atom. The fourth-order valence-corrected chi connectivity index (χ4v) is 3.96. The maximum atomic E-state index is 12.7. The number of nitrogens with two attached hydrogens (primary N) is 1. The topological polar surface area (TPSA) is 98.7 Å². The van der Waals surface area contributed by atoms with Gasteiger partial charge in [-0.05, 0) is 17.9 Å². The zero-order valence-electron chi connectivity index (χ0n) is 15.3. The molecule has 0 spiro atoms. The minimum atomic E-state index is -0.219. The van der Waals surface area contributed by atoms with Crippen LogP contribution in [-0.2, 0) is 13.0 Å². The van der Waals surface area contributed by atoms with Crippen LogP contribution in [0.5, 0.6) is 0 Å². The van der Waals surface area contributed by atoms with Gasteiger partial charge in [0.2, 0.25) is 5.13 Å². The number of anilines is 1. The second kappa shape index (κ2) is 7.21. The van der Waals surface area contributed by atoms with Crippen LogP contribution in [0, 0.1) is 0 Å². The molecule has 1 aliphatic rings. The van der Waals surface area contributed by atoms with Gasteiger partial charge >= 0.3 is 0 Å². The molecule has 1 aromatic carbocycles. The van der Waals surface area contributed by atoms with E-state index in [9.17, 15) is 4.79 Å². The summed E-state index contributed by atoms with van der Waals surface area (Å²) < 4.78 is 1.86. The molecule has 0 fully saturated rings. The molecule has 1 aliphatic heterocycles. The van der Waals surface area contributed by atoms with Crippen LogP contribution >= 0.6 is 11.3 Å². The molecule has 3 heterocycles. The molecular formula is C19H22N6OS. The number of hydrogen-bond donors (Lipinski definition) is 2. The molecule has 1 atom stereocenters. The summed E-state index contributed by atoms with van der Waals surface area (Å²) in [6, 6.07) is 8.35. The summed E-state index contributed by atoms with van der Waals surface area (Å²) in [5.41, 5.74) is 9.75. The standard InChI is InChI=1S/C19H22N6OS/c1-11(2)12-3-5-13(6-4-12)18-23-24-19(27-18)22-17(26)15-10-21-25-8-7-14(20)9-16(15)25/h3-6,10-11,14H,7-9,20H2,1-2H3,(H,22,24,26). The molecule has 140 valence electrons. The highest BCUT2D eigenvalue weighted by molar-refractivity contribution is 7.18. The molecular weight excluding hydrogens is 360 g/mol. The van der Waals surface area contributed by atoms with Crippen LogP contribution in [0.2, 0.25) is 0 Å². The lowest BCUT2D eigenvalue weighted by atomic mass is 10.0. The van der Waals surface area contributed by atoms with E-state index >= 15 is 0 Å². The van der Waals surface area contributed by atoms with Crippen molar-refractivity contribution in [1.29, 1.82) is 0 Å². The van der Waals surface area contributed by atoms with E-state index in [1.807, 2.05) is 16.8 Å². The molecule has 1 unspecified atom stereocenters. The van der Waals surface area contributed by atoms with Gasteiger partial charge in [-0.1, -0.05) is 49.4 Å². The van der Waals surface area contributed by atoms with Crippen LogP contribution in [0.15, 0.2) is 30.5 Å². The first-order chi connectivity index (χ1) is 13.0. The van der Waals surface area contributed by atoms with E-state index in [-0.39, 0.29) is 11.9 Å². The predicted molar refractivity (Wildman–Crippen MR) is 106 cm³/mol. The van der Waals surface area contributed by atoms with Crippen molar-refractivity contribution in [2.24, 2.45) is 5.73 Å². The zero-order valence-corrected chi connectivity index (χ0v) is 16.2. The smallest absolute Gasteiger partial charge is 0.260 e. The number of benzene rings is 1. The van der Waals surface area contributed by atoms with E-state index in [1.165, 1.54) is 16.9 Å². The maximum absolute atomic E-state index is 12.7. The Bertz CT molecular complexity index is 959. The molecule has 7 nitrogen and oxygen atoms in total. The van der Waals surface area contributed by atoms with Crippen LogP contribution in [0.3, 0.4) is 0 Å². The Labute approximate surface area is 161 Å². The van der Waals surface area contributed by atoms with Gasteiger partial charge in [0.25, 0.3) is 5.91 Å². The fourth-order valence-electron chi connectivity index (χ4n) is 3.21. The van der Waals surface area contributed by atoms with E-state index in [4.69, 9.17) is 5.73 Å². The lowest BCUT2D eigenvalue weighted by Gasteiger charge is -2.20. The average molecular weight is 382 g/mol. The number of amides is 1. The van der Waals surface area contributed by atoms with Crippen molar-refractivity contribution in [3.63, 3.8) is 0 Å². The van der Waals surface area contributed by atoms with E-state index < -0.39 is 0 Å². The van der Waals surface area contributed by atoms with Gasteiger partial charge in [-0.15, -0.1) is 10.2 Å². The quantitative estimate of drug-likeness (QED) is 0.722. The molecule has 2 aromatic heterocycles. The van der Waals surface area contributed by atoms with Gasteiger partial charge in [-0.2, -0.15) is 5.10 Å². The summed E-state index contributed by atoms with van der Waals surface area (Å²) in [6.07, 6.45) is 3.15. The van der Waals surface area contributed by atoms with Crippen molar-refractivity contribution in [1.82, 2.24) is 20.0 Å². The lowest BCUT2D eigenvalue weighted by molar-refractivity contribution is 0.102. The van der Waals surface area contributed by atoms with Gasteiger partial charge < -0.3 is 5.73 Å². The third-order valence-electron chi connectivity index (χ3n) is 4.83. The van der Waals surface area contributed by atoms with Crippen molar-refractivity contribution in [3.05, 3.63) is 47.3 Å². The second-order valence-electron chi connectivity index (χ2n) is 7.12. The molecule has 27 heavy (non-hydrogen) atoms. The van der Waals surface area contributed by atoms with Gasteiger partial charge in [0.15, 0.2) is 0 Å². The molecule has 3 aromatic rings. The number of rotatable bonds is 4. The Morgan fingerprint density at radius 3 is 2.81 bits per heavy atom. The van der Waals surface area contributed by atoms with Crippen LogP contribution in [0.1, 0.15) is 47.8 Å². The summed E-state index contributed by atoms with van der Waals surface area (Å²) in [4.78, 5) is 12.7. The summed E-state index contributed by atoms with van der Waals surface area (Å²) >= 11 is 1.36. The predicted octanol–water partition coefficient (Wildman–Crippen LogP) is 3.05. The molecule has 0 saturated carbocycles. The molecule has 0 radical (unpaired) electrons. The number of hydrogen-bond acceptors (Lipinski definition) is 6. The van der Waals surface area contributed by atoms with Crippen LogP contribution in [-0.4, -0.2) is 31.9 Å². The first-order valence-corrected chi connectivity index (χ1v) is 9.88. The fraction of sp³-hybridized carbons (Fsp3) is 0.368. The van der Waals surface area contributed by atoms with Gasteiger partial charge in [0.1, 0.15) is 5.01 Å². The summed E-state index contributed by atoms with van der Waals surface area (Å²) in [6.45, 7) is 5.07. The van der Waals surface area contributed by atoms with Crippen molar-refractivity contribution >= 4 is 22.4 Å². The highest BCUT2D eigenvalue weighted by Gasteiger charge is 2.24. The first-order valence-electron chi connectivity index (χ1n) is 9.06. The molecule has 0 aliphatic carbocycles. The third kappa shape index (κ3) is 3.63. The maximum Gasteiger partial charge on any atom is 0.260 e. The molecule has 4 rings (SSSR count). The lowest BCUT2D eigenvalue weighted by Crippen LogP contribution is -2.32. The molecule has 0 saturated heterocycles. The highest BCUT2D eigenvalue weighted by atomic mass is 32.1. The van der Waals surface area contributed by atoms with Gasteiger partial charge in [-0.3, -0.25) is 14.8 Å². The number of nitrogens with zero attached hydrogens (tertiary/aromatic N) is 4. The number of fused-ring (bicyclic) bond motifs is 1. The molecule has 3 N–H and O–H groups in total. The number of aryl methyl sites for hydroxylation is 1. The van der Waals surface area contributed by atoms with Gasteiger partial charge in [-0.25, -0.2) is 0 Å². The molecule has 0 bridgehead atoms. The van der Waals surface area contributed by atoms with E-state index in [0.717, 1.165) is 29.2 Å². The Balaban J connectivity index is 1.50. The van der Waals surface area contributed by atoms with E-state index in [1.54, 1.807) is 6.20 Å². The SMILES string of the molecule is CC(C)c1ccc(-c2nnc(NC(=O)c3cnn4c3CC(N)CC4)s2)cc1. The Morgan fingerprint density at radius 1 is 1.30 bits per heavy atom. The number of carbonyl (C=O) groups is 1. The molecule has 1 amide bonds. The van der Waals surface area contributed by atoms with Crippen molar-refractivity contribution < 1.29 is 4.79 Å². The third-order valence-corrected chi connectivity index (χ3v) is 5.72. The largest absolute Gasteiger partial charge is 0.327 e. The Hall–Kier alpha value is -2.58. The number of carbonyl (C=O) groups excluding carboxylic acids is 1. The summed E-state index contributed by atoms with van der Waals surface area (Å²) in [5.74, 6) is 0.265. The van der Waals surface area contributed by atoms with Crippen LogP contribution < -0.4 is 11.1 Å². The zero-order chi connectivity index (χ0) is 19.0. The van der Waals surface area contributed by atoms with Crippen LogP contribution in [0.25, 0.3) is 10.6 Å². The van der Waals surface area contributed by atoms with E-state index in [2.05, 4.69) is 46.6 Å².